The van der Waals surface area contributed by atoms with Gasteiger partial charge in [-0.2, -0.15) is 0 Å². The first-order chi connectivity index (χ1) is 21.4. The van der Waals surface area contributed by atoms with Crippen LogP contribution in [0.2, 0.25) is 0 Å². The normalized spacial score (nSPS) is 11.9. The van der Waals surface area contributed by atoms with Crippen LogP contribution in [0.5, 0.6) is 0 Å². The zero-order valence-corrected chi connectivity index (χ0v) is 22.8. The van der Waals surface area contributed by atoms with Crippen molar-refractivity contribution < 1.29 is 29.3 Å². The smallest absolute Gasteiger partial charge is 0.269 e. The van der Waals surface area contributed by atoms with Gasteiger partial charge >= 0.3 is 0 Å². The summed E-state index contributed by atoms with van der Waals surface area (Å²) in [6, 6.07) is 19.6. The van der Waals surface area contributed by atoms with Crippen LogP contribution in [0.1, 0.15) is 44.2 Å². The summed E-state index contributed by atoms with van der Waals surface area (Å²) >= 11 is 0. The van der Waals surface area contributed by atoms with E-state index in [0.29, 0.717) is 11.1 Å². The zero-order valence-electron chi connectivity index (χ0n) is 22.8. The van der Waals surface area contributed by atoms with E-state index >= 15 is 0 Å². The first-order valence-corrected chi connectivity index (χ1v) is 12.8. The Kier molecular flexibility index (Phi) is 9.44. The van der Waals surface area contributed by atoms with Crippen molar-refractivity contribution in [2.45, 2.75) is 12.3 Å². The van der Waals surface area contributed by atoms with Gasteiger partial charge in [-0.15, -0.1) is 0 Å². The molecule has 0 aliphatic carbocycles. The molecule has 0 radical (unpaired) electrons. The summed E-state index contributed by atoms with van der Waals surface area (Å²) < 4.78 is 0. The maximum absolute atomic E-state index is 13.2. The maximum atomic E-state index is 13.2. The van der Waals surface area contributed by atoms with Crippen LogP contribution in [0, 0.1) is 40.5 Å². The van der Waals surface area contributed by atoms with Crippen molar-refractivity contribution in [2.24, 2.45) is 0 Å². The number of benzene rings is 4. The van der Waals surface area contributed by atoms with E-state index in [9.17, 15) is 50.0 Å². The third kappa shape index (κ3) is 7.81. The Bertz CT molecular complexity index is 1630. The predicted octanol–water partition coefficient (Wildman–Crippen LogP) is 4.47. The van der Waals surface area contributed by atoms with E-state index in [2.05, 4.69) is 16.0 Å². The van der Waals surface area contributed by atoms with Crippen LogP contribution in [0.25, 0.3) is 0 Å². The van der Waals surface area contributed by atoms with Crippen molar-refractivity contribution in [1.82, 2.24) is 16.0 Å². The van der Waals surface area contributed by atoms with Crippen molar-refractivity contribution in [2.75, 3.05) is 0 Å². The third-order valence-electron chi connectivity index (χ3n) is 6.44. The summed E-state index contributed by atoms with van der Waals surface area (Å²) in [7, 11) is 0. The number of non-ortho nitro benzene ring substituents is 4. The quantitative estimate of drug-likeness (QED) is 0.114. The van der Waals surface area contributed by atoms with Gasteiger partial charge in [-0.3, -0.25) is 55.4 Å². The molecule has 0 unspecified atom stereocenters. The highest BCUT2D eigenvalue weighted by Gasteiger charge is 2.25. The summed E-state index contributed by atoms with van der Waals surface area (Å²) in [5.74, 6) is -1.41. The van der Waals surface area contributed by atoms with Crippen LogP contribution in [-0.2, 0) is 0 Å². The largest absolute Gasteiger partial charge is 0.333 e. The van der Waals surface area contributed by atoms with Gasteiger partial charge in [-0.05, 0) is 59.7 Å². The molecule has 228 valence electrons. The first-order valence-electron chi connectivity index (χ1n) is 12.8. The van der Waals surface area contributed by atoms with Gasteiger partial charge in [0.1, 0.15) is 12.3 Å². The van der Waals surface area contributed by atoms with E-state index in [1.54, 1.807) is 0 Å². The summed E-state index contributed by atoms with van der Waals surface area (Å²) in [5, 5.41) is 52.9. The highest BCUT2D eigenvalue weighted by Crippen LogP contribution is 2.23. The van der Waals surface area contributed by atoms with Gasteiger partial charge < -0.3 is 10.6 Å². The highest BCUT2D eigenvalue weighted by atomic mass is 16.6. The molecular formula is C28H21N7O10. The second-order valence-electron chi connectivity index (χ2n) is 9.28. The molecule has 3 N–H and O–H groups in total. The highest BCUT2D eigenvalue weighted by molar-refractivity contribution is 5.95. The first kappa shape index (κ1) is 31.3. The number of nitro groups is 4. The average molecular weight is 616 g/mol. The van der Waals surface area contributed by atoms with E-state index in [-0.39, 0.29) is 33.9 Å². The van der Waals surface area contributed by atoms with Gasteiger partial charge in [0.05, 0.1) is 19.7 Å². The number of carbonyl (C=O) groups is 2. The number of nitrogens with one attached hydrogen (secondary N) is 3. The summed E-state index contributed by atoms with van der Waals surface area (Å²) in [6.45, 7) is 0. The molecule has 0 bridgehead atoms. The fraction of sp³-hybridized carbons (Fsp3) is 0.0714. The van der Waals surface area contributed by atoms with Gasteiger partial charge in [-0.25, -0.2) is 0 Å². The van der Waals surface area contributed by atoms with Crippen LogP contribution in [0.3, 0.4) is 0 Å². The topological polar surface area (TPSA) is 243 Å². The zero-order chi connectivity index (χ0) is 32.7. The number of rotatable bonds is 12. The summed E-state index contributed by atoms with van der Waals surface area (Å²) in [4.78, 5) is 68.4. The predicted molar refractivity (Wildman–Crippen MR) is 156 cm³/mol. The molecular weight excluding hydrogens is 594 g/mol. The van der Waals surface area contributed by atoms with Gasteiger partial charge in [0.2, 0.25) is 0 Å². The molecule has 0 spiro atoms. The van der Waals surface area contributed by atoms with Crippen molar-refractivity contribution in [3.63, 3.8) is 0 Å². The Labute approximate surface area is 252 Å². The summed E-state index contributed by atoms with van der Waals surface area (Å²) in [5.41, 5.74) is -0.297. The number of nitro benzene ring substituents is 4. The molecule has 2 atom stereocenters. The van der Waals surface area contributed by atoms with E-state index in [4.69, 9.17) is 0 Å². The van der Waals surface area contributed by atoms with Gasteiger partial charge in [-0.1, -0.05) is 0 Å². The molecule has 0 aliphatic rings. The Balaban J connectivity index is 1.70. The van der Waals surface area contributed by atoms with Crippen LogP contribution < -0.4 is 16.0 Å². The van der Waals surface area contributed by atoms with Crippen molar-refractivity contribution in [3.05, 3.63) is 160 Å². The molecule has 4 aromatic carbocycles. The van der Waals surface area contributed by atoms with Gasteiger partial charge in [0.25, 0.3) is 34.6 Å². The van der Waals surface area contributed by atoms with Crippen LogP contribution in [0.15, 0.2) is 97.1 Å². The lowest BCUT2D eigenvalue weighted by atomic mass is 10.1. The SMILES string of the molecule is O=C(N[C@H](N[C@H](NC(=O)c1ccc([N+](=O)[O-])cc1)c1ccc([N+](=O)[O-])cc1)c1ccc([N+](=O)[O-])cc1)c1ccc([N+](=O)[O-])cc1. The molecule has 17 heteroatoms. The molecule has 2 amide bonds. The molecule has 0 heterocycles. The second kappa shape index (κ2) is 13.6. The Hall–Kier alpha value is -6.62. The minimum absolute atomic E-state index is 0.0381. The van der Waals surface area contributed by atoms with E-state index in [0.717, 1.165) is 24.3 Å². The van der Waals surface area contributed by atoms with Crippen molar-refractivity contribution in [1.29, 1.82) is 0 Å². The van der Waals surface area contributed by atoms with E-state index < -0.39 is 43.8 Å². The number of amides is 2. The standard InChI is InChI=1S/C28H21N7O10/c36-27(19-5-13-23(14-6-19)34(42)43)30-25(17-1-9-21(10-2-17)32(38)39)29-26(18-3-11-22(12-4-18)33(40)41)31-28(37)20-7-15-24(16-8-20)35(44)45/h1-16,25-26,29H,(H,30,36)(H,31,37)/t25-,26+. The lowest BCUT2D eigenvalue weighted by Crippen LogP contribution is -2.45. The molecule has 17 nitrogen and oxygen atoms in total. The van der Waals surface area contributed by atoms with Crippen molar-refractivity contribution >= 4 is 34.6 Å². The number of carbonyl (C=O) groups excluding carboxylic acids is 2. The molecule has 0 aliphatic heterocycles. The van der Waals surface area contributed by atoms with Crippen molar-refractivity contribution in [3.8, 4) is 0 Å². The minimum atomic E-state index is -1.16. The lowest BCUT2D eigenvalue weighted by Gasteiger charge is -2.28. The molecule has 0 saturated carbocycles. The molecule has 4 aromatic rings. The van der Waals surface area contributed by atoms with Crippen LogP contribution in [-0.4, -0.2) is 31.5 Å². The molecule has 4 rings (SSSR count). The Morgan fingerprint density at radius 1 is 0.444 bits per heavy atom. The van der Waals surface area contributed by atoms with E-state index in [1.807, 2.05) is 0 Å². The Morgan fingerprint density at radius 2 is 0.689 bits per heavy atom. The Morgan fingerprint density at radius 3 is 0.933 bits per heavy atom. The average Bonchev–Trinajstić information content (AvgIpc) is 3.04. The molecule has 45 heavy (non-hydrogen) atoms. The third-order valence-corrected chi connectivity index (χ3v) is 6.44. The maximum Gasteiger partial charge on any atom is 0.269 e. The van der Waals surface area contributed by atoms with Crippen LogP contribution in [0.4, 0.5) is 22.7 Å². The number of hydrogen-bond donors (Lipinski definition) is 3. The van der Waals surface area contributed by atoms with Gasteiger partial charge in [0.15, 0.2) is 0 Å². The molecule has 0 aromatic heterocycles. The number of hydrogen-bond acceptors (Lipinski definition) is 11. The fourth-order valence-electron chi connectivity index (χ4n) is 4.08. The fourth-order valence-corrected chi connectivity index (χ4v) is 4.08. The van der Waals surface area contributed by atoms with Gasteiger partial charge in [0, 0.05) is 59.7 Å². The van der Waals surface area contributed by atoms with E-state index in [1.165, 1.54) is 72.8 Å². The lowest BCUT2D eigenvalue weighted by molar-refractivity contribution is -0.385. The summed E-state index contributed by atoms with van der Waals surface area (Å²) in [6.07, 6.45) is -2.32. The second-order valence-corrected chi connectivity index (χ2v) is 9.28. The van der Waals surface area contributed by atoms with Crippen LogP contribution >= 0.6 is 0 Å². The molecule has 0 fully saturated rings. The number of nitrogens with zero attached hydrogens (tertiary/aromatic N) is 4. The monoisotopic (exact) mass is 615 g/mol. The minimum Gasteiger partial charge on any atom is -0.333 e. The molecule has 0 saturated heterocycles.